The third kappa shape index (κ3) is 6.68. The molecule has 0 amide bonds. The Morgan fingerprint density at radius 3 is 2.06 bits per heavy atom. The lowest BCUT2D eigenvalue weighted by Gasteiger charge is -2.64. The van der Waals surface area contributed by atoms with E-state index in [4.69, 9.17) is 17.3 Å². The van der Waals surface area contributed by atoms with Crippen LogP contribution in [0.3, 0.4) is 0 Å². The summed E-state index contributed by atoms with van der Waals surface area (Å²) in [5, 5.41) is 45.7. The average molecular weight is 655 g/mol. The SMILES string of the molecule is [B]C12CC[C@H](O)[C@](C)(COC(=O)/C(C)=C/C)C1CCC1C2CC=C[C@@]1(C)C[C@@H](O)[C@]1(COC(=O)/C(C)=C/C)CCC(C)(C)[C@@H](O)[C@@H]1O. The van der Waals surface area contributed by atoms with Crippen LogP contribution in [0.25, 0.3) is 0 Å². The summed E-state index contributed by atoms with van der Waals surface area (Å²) in [6.07, 6.45) is 8.32. The summed E-state index contributed by atoms with van der Waals surface area (Å²) in [5.74, 6) is -0.786. The lowest BCUT2D eigenvalue weighted by Crippen LogP contribution is -2.62. The van der Waals surface area contributed by atoms with E-state index in [0.29, 0.717) is 43.3 Å². The largest absolute Gasteiger partial charge is 0.462 e. The fraction of sp³-hybridized carbons (Fsp3) is 0.789. The maximum Gasteiger partial charge on any atom is 0.333 e. The van der Waals surface area contributed by atoms with E-state index in [9.17, 15) is 30.0 Å². The number of ether oxygens (including phenoxy) is 2. The number of carbonyl (C=O) groups excluding carboxylic acids is 2. The zero-order valence-electron chi connectivity index (χ0n) is 29.9. The van der Waals surface area contributed by atoms with Gasteiger partial charge in [-0.15, -0.1) is 0 Å². The van der Waals surface area contributed by atoms with E-state index in [-0.39, 0.29) is 36.9 Å². The average Bonchev–Trinajstić information content (AvgIpc) is 3.03. The maximum absolute atomic E-state index is 12.7. The van der Waals surface area contributed by atoms with Gasteiger partial charge in [0.25, 0.3) is 0 Å². The molecule has 3 saturated carbocycles. The Balaban J connectivity index is 1.61. The Morgan fingerprint density at radius 2 is 1.47 bits per heavy atom. The Labute approximate surface area is 283 Å². The molecule has 8 nitrogen and oxygen atoms in total. The third-order valence-corrected chi connectivity index (χ3v) is 13.5. The first-order valence-electron chi connectivity index (χ1n) is 17.6. The van der Waals surface area contributed by atoms with Gasteiger partial charge in [-0.05, 0) is 101 Å². The van der Waals surface area contributed by atoms with Gasteiger partial charge in [-0.3, -0.25) is 0 Å². The first-order valence-corrected chi connectivity index (χ1v) is 17.6. The Kier molecular flexibility index (Phi) is 11.1. The van der Waals surface area contributed by atoms with E-state index in [2.05, 4.69) is 19.1 Å². The minimum Gasteiger partial charge on any atom is -0.462 e. The molecule has 9 heteroatoms. The van der Waals surface area contributed by atoms with Gasteiger partial charge in [-0.1, -0.05) is 63.7 Å². The third-order valence-electron chi connectivity index (χ3n) is 13.5. The summed E-state index contributed by atoms with van der Waals surface area (Å²) in [6.45, 7) is 14.8. The fourth-order valence-corrected chi connectivity index (χ4v) is 9.61. The molecule has 4 aliphatic rings. The predicted octanol–water partition coefficient (Wildman–Crippen LogP) is 5.38. The molecule has 0 aromatic rings. The number of hydrogen-bond acceptors (Lipinski definition) is 8. The smallest absolute Gasteiger partial charge is 0.333 e. The van der Waals surface area contributed by atoms with Crippen molar-refractivity contribution in [2.45, 2.75) is 136 Å². The highest BCUT2D eigenvalue weighted by Crippen LogP contribution is 2.69. The summed E-state index contributed by atoms with van der Waals surface area (Å²) in [6, 6.07) is 0. The van der Waals surface area contributed by atoms with Gasteiger partial charge >= 0.3 is 11.9 Å². The lowest BCUT2D eigenvalue weighted by molar-refractivity contribution is -0.210. The summed E-state index contributed by atoms with van der Waals surface area (Å²) in [4.78, 5) is 25.3. The molecular formula is C38H59BO8. The van der Waals surface area contributed by atoms with Gasteiger partial charge in [0.2, 0.25) is 0 Å². The molecule has 4 unspecified atom stereocenters. The molecule has 262 valence electrons. The number of fused-ring (bicyclic) bond motifs is 3. The second kappa shape index (κ2) is 13.8. The highest BCUT2D eigenvalue weighted by molar-refractivity contribution is 6.16. The topological polar surface area (TPSA) is 134 Å². The molecule has 0 heterocycles. The number of aliphatic hydroxyl groups excluding tert-OH is 4. The van der Waals surface area contributed by atoms with Crippen LogP contribution >= 0.6 is 0 Å². The van der Waals surface area contributed by atoms with Crippen LogP contribution in [0.1, 0.15) is 107 Å². The zero-order valence-corrected chi connectivity index (χ0v) is 29.9. The Bertz CT molecular complexity index is 1270. The molecule has 0 aliphatic heterocycles. The van der Waals surface area contributed by atoms with E-state index in [1.54, 1.807) is 39.8 Å². The van der Waals surface area contributed by atoms with E-state index in [1.165, 1.54) is 0 Å². The first-order chi connectivity index (χ1) is 21.8. The molecule has 0 bridgehead atoms. The molecule has 11 atom stereocenters. The van der Waals surface area contributed by atoms with Crippen molar-refractivity contribution in [3.8, 4) is 0 Å². The number of aliphatic hydroxyl groups is 4. The van der Waals surface area contributed by atoms with Gasteiger partial charge < -0.3 is 29.9 Å². The molecule has 0 aromatic heterocycles. The number of carbonyl (C=O) groups is 2. The van der Waals surface area contributed by atoms with Crippen LogP contribution in [0.5, 0.6) is 0 Å². The van der Waals surface area contributed by atoms with E-state index in [0.717, 1.165) is 19.3 Å². The van der Waals surface area contributed by atoms with Crippen LogP contribution in [0.15, 0.2) is 35.5 Å². The molecule has 0 spiro atoms. The number of rotatable bonds is 9. The summed E-state index contributed by atoms with van der Waals surface area (Å²) >= 11 is 0. The predicted molar refractivity (Wildman–Crippen MR) is 182 cm³/mol. The second-order valence-electron chi connectivity index (χ2n) is 16.6. The van der Waals surface area contributed by atoms with Crippen molar-refractivity contribution in [2.24, 2.45) is 39.4 Å². The van der Waals surface area contributed by atoms with Crippen molar-refractivity contribution in [3.63, 3.8) is 0 Å². The highest BCUT2D eigenvalue weighted by atomic mass is 16.5. The van der Waals surface area contributed by atoms with Crippen molar-refractivity contribution in [3.05, 3.63) is 35.5 Å². The number of hydrogen-bond donors (Lipinski definition) is 4. The van der Waals surface area contributed by atoms with Crippen molar-refractivity contribution < 1.29 is 39.5 Å². The maximum atomic E-state index is 12.7. The molecule has 4 rings (SSSR count). The molecule has 47 heavy (non-hydrogen) atoms. The standard InChI is InChI=1S/C38H59BO8/c1-9-23(3)32(44)46-21-36(8)27-14-13-25-26(38(27,39)17-15-28(36)40)12-11-16-35(25,7)20-29(41)37(22-47-33(45)24(4)10-2)19-18-34(5,6)30(42)31(37)43/h9-11,16,25-31,40-43H,12-15,17-22H2,1-8H3/b23-9+,24-10+/t25?,26?,27?,28-,29+,30-,31-,35-,36+,37+,38?/m0/s1. The van der Waals surface area contributed by atoms with Crippen molar-refractivity contribution in [1.82, 2.24) is 0 Å². The van der Waals surface area contributed by atoms with Gasteiger partial charge in [-0.2, -0.15) is 0 Å². The van der Waals surface area contributed by atoms with Crippen molar-refractivity contribution in [1.29, 1.82) is 0 Å². The minimum atomic E-state index is -1.29. The molecular weight excluding hydrogens is 595 g/mol. The van der Waals surface area contributed by atoms with Gasteiger partial charge in [-0.25, -0.2) is 9.59 Å². The van der Waals surface area contributed by atoms with Crippen LogP contribution < -0.4 is 0 Å². The molecule has 2 radical (unpaired) electrons. The quantitative estimate of drug-likeness (QED) is 0.113. The van der Waals surface area contributed by atoms with Gasteiger partial charge in [0.15, 0.2) is 0 Å². The number of esters is 2. The molecule has 0 aromatic carbocycles. The Morgan fingerprint density at radius 1 is 0.872 bits per heavy atom. The van der Waals surface area contributed by atoms with Gasteiger partial charge in [0, 0.05) is 16.6 Å². The molecule has 4 aliphatic carbocycles. The van der Waals surface area contributed by atoms with E-state index in [1.807, 2.05) is 20.8 Å². The van der Waals surface area contributed by atoms with Crippen LogP contribution in [-0.2, 0) is 19.1 Å². The van der Waals surface area contributed by atoms with Gasteiger partial charge in [0.05, 0.1) is 44.3 Å². The van der Waals surface area contributed by atoms with Crippen LogP contribution in [0, 0.1) is 39.4 Å². The Hall–Kier alpha value is -1.94. The van der Waals surface area contributed by atoms with Crippen LogP contribution in [0.4, 0.5) is 0 Å². The fourth-order valence-electron chi connectivity index (χ4n) is 9.61. The van der Waals surface area contributed by atoms with Crippen molar-refractivity contribution >= 4 is 19.8 Å². The van der Waals surface area contributed by atoms with Crippen LogP contribution in [-0.4, -0.2) is 77.8 Å². The zero-order chi connectivity index (χ0) is 35.2. The second-order valence-corrected chi connectivity index (χ2v) is 16.6. The highest BCUT2D eigenvalue weighted by Gasteiger charge is 2.62. The van der Waals surface area contributed by atoms with E-state index >= 15 is 0 Å². The summed E-state index contributed by atoms with van der Waals surface area (Å²) in [5.41, 5.74) is -2.04. The minimum absolute atomic E-state index is 0.0650. The normalized spacial score (nSPS) is 42.6. The molecule has 0 saturated heterocycles. The molecule has 4 N–H and O–H groups in total. The monoisotopic (exact) mass is 654 g/mol. The number of allylic oxidation sites excluding steroid dienone is 4. The summed E-state index contributed by atoms with van der Waals surface area (Å²) in [7, 11) is 7.47. The summed E-state index contributed by atoms with van der Waals surface area (Å²) < 4.78 is 11.5. The van der Waals surface area contributed by atoms with Crippen LogP contribution in [0.2, 0.25) is 5.31 Å². The molecule has 3 fully saturated rings. The lowest BCUT2D eigenvalue weighted by atomic mass is 9.35. The van der Waals surface area contributed by atoms with E-state index < -0.39 is 57.4 Å². The van der Waals surface area contributed by atoms with Gasteiger partial charge in [0.1, 0.15) is 6.61 Å². The first kappa shape index (κ1) is 37.9. The van der Waals surface area contributed by atoms with Crippen molar-refractivity contribution in [2.75, 3.05) is 13.2 Å².